The van der Waals surface area contributed by atoms with Crippen molar-refractivity contribution < 1.29 is 0 Å². The van der Waals surface area contributed by atoms with Gasteiger partial charge >= 0.3 is 0 Å². The zero-order chi connectivity index (χ0) is 39.0. The van der Waals surface area contributed by atoms with Crippen LogP contribution < -0.4 is 4.90 Å². The van der Waals surface area contributed by atoms with Crippen molar-refractivity contribution in [3.63, 3.8) is 0 Å². The summed E-state index contributed by atoms with van der Waals surface area (Å²) in [6, 6.07) is 76.4. The van der Waals surface area contributed by atoms with Crippen LogP contribution in [-0.2, 0) is 10.8 Å². The maximum absolute atomic E-state index is 2.49. The highest BCUT2D eigenvalue weighted by atomic mass is 15.1. The van der Waals surface area contributed by atoms with Gasteiger partial charge in [-0.05, 0) is 115 Å². The molecule has 0 saturated heterocycles. The first-order valence-corrected chi connectivity index (χ1v) is 20.4. The fraction of sp³-hybridized carbons (Fsp3) is 0.0877. The molecule has 0 N–H and O–H groups in total. The van der Waals surface area contributed by atoms with Gasteiger partial charge in [0.2, 0.25) is 0 Å². The average molecular weight is 742 g/mol. The maximum atomic E-state index is 2.49. The van der Waals surface area contributed by atoms with Crippen molar-refractivity contribution in [3.8, 4) is 44.5 Å². The van der Waals surface area contributed by atoms with E-state index >= 15 is 0 Å². The third-order valence-corrected chi connectivity index (χ3v) is 13.2. The van der Waals surface area contributed by atoms with Crippen molar-refractivity contribution in [2.45, 2.75) is 31.6 Å². The molecule has 0 aromatic heterocycles. The summed E-state index contributed by atoms with van der Waals surface area (Å²) in [6.07, 6.45) is 0. The molecule has 2 aliphatic rings. The van der Waals surface area contributed by atoms with Gasteiger partial charge < -0.3 is 4.90 Å². The lowest BCUT2D eigenvalue weighted by atomic mass is 9.74. The Morgan fingerprint density at radius 2 is 0.948 bits per heavy atom. The number of benzene rings is 9. The van der Waals surface area contributed by atoms with Crippen LogP contribution in [0.2, 0.25) is 0 Å². The van der Waals surface area contributed by atoms with E-state index in [0.717, 1.165) is 17.1 Å². The molecule has 1 unspecified atom stereocenters. The molecule has 1 atom stereocenters. The van der Waals surface area contributed by atoms with Crippen molar-refractivity contribution in [1.82, 2.24) is 0 Å². The standard InChI is InChI=1S/C57H43N/c1-56(2)50-27-16-25-48(55(50)54-44-22-11-10-19-40(44)31-36-51(54)56)47-24-13-15-28-53(47)58(42-32-29-39(30-33-42)38-17-6-4-7-18-38)43-34-35-46-45-23-12-14-26-49(45)57(3,52(46)37-43)41-20-8-5-9-21-41/h4-37H,1-3H3. The van der Waals surface area contributed by atoms with Gasteiger partial charge in [0, 0.05) is 27.8 Å². The molecular formula is C57H43N. The third-order valence-electron chi connectivity index (χ3n) is 13.2. The summed E-state index contributed by atoms with van der Waals surface area (Å²) < 4.78 is 0. The minimum Gasteiger partial charge on any atom is -0.310 e. The van der Waals surface area contributed by atoms with Crippen LogP contribution in [0.4, 0.5) is 17.1 Å². The van der Waals surface area contributed by atoms with Gasteiger partial charge in [0.25, 0.3) is 0 Å². The molecule has 11 rings (SSSR count). The number of nitrogens with zero attached hydrogens (tertiary/aromatic N) is 1. The highest BCUT2D eigenvalue weighted by Gasteiger charge is 2.42. The molecule has 0 radical (unpaired) electrons. The Hall–Kier alpha value is -6.96. The Morgan fingerprint density at radius 3 is 1.76 bits per heavy atom. The van der Waals surface area contributed by atoms with E-state index in [9.17, 15) is 0 Å². The first-order valence-electron chi connectivity index (χ1n) is 20.4. The summed E-state index contributed by atoms with van der Waals surface area (Å²) in [7, 11) is 0. The van der Waals surface area contributed by atoms with Crippen LogP contribution in [0.15, 0.2) is 206 Å². The predicted octanol–water partition coefficient (Wildman–Crippen LogP) is 15.3. The van der Waals surface area contributed by atoms with Gasteiger partial charge in [-0.25, -0.2) is 0 Å². The highest BCUT2D eigenvalue weighted by Crippen LogP contribution is 2.57. The number of anilines is 3. The van der Waals surface area contributed by atoms with Crippen LogP contribution in [0.25, 0.3) is 55.3 Å². The van der Waals surface area contributed by atoms with E-state index in [1.807, 2.05) is 0 Å². The van der Waals surface area contributed by atoms with Crippen molar-refractivity contribution in [1.29, 1.82) is 0 Å². The molecule has 9 aromatic carbocycles. The lowest BCUT2D eigenvalue weighted by Crippen LogP contribution is -2.22. The topological polar surface area (TPSA) is 3.24 Å². The second-order valence-corrected chi connectivity index (χ2v) is 16.6. The van der Waals surface area contributed by atoms with E-state index in [1.54, 1.807) is 0 Å². The lowest BCUT2D eigenvalue weighted by Gasteiger charge is -2.32. The van der Waals surface area contributed by atoms with Crippen molar-refractivity contribution >= 4 is 27.8 Å². The van der Waals surface area contributed by atoms with Crippen LogP contribution in [0.5, 0.6) is 0 Å². The van der Waals surface area contributed by atoms with Crippen LogP contribution in [0.3, 0.4) is 0 Å². The van der Waals surface area contributed by atoms with E-state index in [2.05, 4.69) is 232 Å². The number of hydrogen-bond donors (Lipinski definition) is 0. The van der Waals surface area contributed by atoms with Crippen LogP contribution in [0, 0.1) is 0 Å². The molecule has 0 aliphatic heterocycles. The summed E-state index contributed by atoms with van der Waals surface area (Å²) in [6.45, 7) is 7.17. The second-order valence-electron chi connectivity index (χ2n) is 16.6. The van der Waals surface area contributed by atoms with Gasteiger partial charge in [-0.1, -0.05) is 190 Å². The monoisotopic (exact) mass is 741 g/mol. The summed E-state index contributed by atoms with van der Waals surface area (Å²) in [5.41, 5.74) is 19.8. The van der Waals surface area contributed by atoms with Crippen molar-refractivity contribution in [2.24, 2.45) is 0 Å². The van der Waals surface area contributed by atoms with Gasteiger partial charge in [0.1, 0.15) is 0 Å². The molecule has 0 fully saturated rings. The molecule has 9 aromatic rings. The predicted molar refractivity (Wildman–Crippen MR) is 245 cm³/mol. The molecule has 0 spiro atoms. The molecule has 0 saturated carbocycles. The van der Waals surface area contributed by atoms with Crippen LogP contribution >= 0.6 is 0 Å². The summed E-state index contributed by atoms with van der Waals surface area (Å²) in [4.78, 5) is 2.49. The van der Waals surface area contributed by atoms with Gasteiger partial charge in [0.05, 0.1) is 5.69 Å². The number of hydrogen-bond acceptors (Lipinski definition) is 1. The first kappa shape index (κ1) is 34.3. The Bertz CT molecular complexity index is 3030. The molecule has 0 amide bonds. The fourth-order valence-corrected chi connectivity index (χ4v) is 10.2. The minimum atomic E-state index is -0.317. The van der Waals surface area contributed by atoms with Gasteiger partial charge in [0.15, 0.2) is 0 Å². The zero-order valence-corrected chi connectivity index (χ0v) is 33.1. The van der Waals surface area contributed by atoms with E-state index < -0.39 is 0 Å². The number of para-hydroxylation sites is 1. The van der Waals surface area contributed by atoms with E-state index in [0.29, 0.717) is 0 Å². The molecular weight excluding hydrogens is 699 g/mol. The Kier molecular flexibility index (Phi) is 7.72. The van der Waals surface area contributed by atoms with Crippen LogP contribution in [-0.4, -0.2) is 0 Å². The van der Waals surface area contributed by atoms with Gasteiger partial charge in [-0.15, -0.1) is 0 Å². The number of rotatable bonds is 6. The third kappa shape index (κ3) is 5.03. The second kappa shape index (κ2) is 13.0. The average Bonchev–Trinajstić information content (AvgIpc) is 3.69. The smallest absolute Gasteiger partial charge is 0.0540 e. The van der Waals surface area contributed by atoms with Gasteiger partial charge in [-0.2, -0.15) is 0 Å². The Morgan fingerprint density at radius 1 is 0.362 bits per heavy atom. The first-order chi connectivity index (χ1) is 28.4. The van der Waals surface area contributed by atoms with E-state index in [1.165, 1.54) is 83.1 Å². The molecule has 0 bridgehead atoms. The molecule has 0 heterocycles. The minimum absolute atomic E-state index is 0.135. The molecule has 1 nitrogen and oxygen atoms in total. The van der Waals surface area contributed by atoms with E-state index in [-0.39, 0.29) is 10.8 Å². The normalized spacial score (nSPS) is 15.7. The quantitative estimate of drug-likeness (QED) is 0.164. The maximum Gasteiger partial charge on any atom is 0.0540 e. The van der Waals surface area contributed by atoms with Crippen molar-refractivity contribution in [3.05, 3.63) is 234 Å². The summed E-state index contributed by atoms with van der Waals surface area (Å²) in [5, 5.41) is 2.58. The molecule has 276 valence electrons. The van der Waals surface area contributed by atoms with E-state index in [4.69, 9.17) is 0 Å². The fourth-order valence-electron chi connectivity index (χ4n) is 10.2. The SMILES string of the molecule is CC1(C)c2cccc(-c3ccccc3N(c3ccc(-c4ccccc4)cc3)c3ccc4c(c3)C(C)(c3ccccc3)c3ccccc3-4)c2-c2c1ccc1ccccc21. The summed E-state index contributed by atoms with van der Waals surface area (Å²) in [5.74, 6) is 0. The van der Waals surface area contributed by atoms with Crippen molar-refractivity contribution in [2.75, 3.05) is 4.90 Å². The van der Waals surface area contributed by atoms with Crippen LogP contribution in [0.1, 0.15) is 48.6 Å². The largest absolute Gasteiger partial charge is 0.310 e. The summed E-state index contributed by atoms with van der Waals surface area (Å²) >= 11 is 0. The van der Waals surface area contributed by atoms with Gasteiger partial charge in [-0.3, -0.25) is 0 Å². The zero-order valence-electron chi connectivity index (χ0n) is 33.1. The highest BCUT2D eigenvalue weighted by molar-refractivity contribution is 6.08. The Labute approximate surface area is 341 Å². The Balaban J connectivity index is 1.16. The lowest BCUT2D eigenvalue weighted by molar-refractivity contribution is 0.661. The molecule has 2 aliphatic carbocycles. The molecule has 1 heteroatoms. The number of fused-ring (bicyclic) bond motifs is 8. The molecule has 58 heavy (non-hydrogen) atoms.